The van der Waals surface area contributed by atoms with Crippen LogP contribution in [0.3, 0.4) is 0 Å². The van der Waals surface area contributed by atoms with Crippen LogP contribution in [0, 0.1) is 0 Å². The molecule has 0 fully saturated rings. The van der Waals surface area contributed by atoms with E-state index in [4.69, 9.17) is 7.74 Å². The first-order valence-electron chi connectivity index (χ1n) is 6.76. The fourth-order valence-electron chi connectivity index (χ4n) is 2.10. The summed E-state index contributed by atoms with van der Waals surface area (Å²) in [6, 6.07) is 16.9. The summed E-state index contributed by atoms with van der Waals surface area (Å²) < 4.78 is 0. The topological polar surface area (TPSA) is 0 Å². The average molecular weight is 244 g/mol. The van der Waals surface area contributed by atoms with E-state index in [0.29, 0.717) is 0 Å². The maximum atomic E-state index is 5.86. The molecule has 0 unspecified atom stereocenters. The molecule has 0 aromatic heterocycles. The minimum atomic E-state index is 0.0751. The van der Waals surface area contributed by atoms with Crippen molar-refractivity contribution in [2.75, 3.05) is 0 Å². The predicted molar refractivity (Wildman–Crippen MR) is 87.4 cm³/mol. The van der Waals surface area contributed by atoms with E-state index in [0.717, 1.165) is 23.0 Å². The second-order valence-electron chi connectivity index (χ2n) is 4.94. The molecule has 0 nitrogen and oxygen atoms in total. The Balaban J connectivity index is 2.22. The second-order valence-corrected chi connectivity index (χ2v) is 4.94. The first-order valence-corrected chi connectivity index (χ1v) is 6.76. The van der Waals surface area contributed by atoms with Crippen molar-refractivity contribution >= 4 is 25.4 Å². The maximum absolute atomic E-state index is 5.86. The van der Waals surface area contributed by atoms with Crippen LogP contribution in [0.25, 0.3) is 5.57 Å². The third kappa shape index (κ3) is 3.20. The van der Waals surface area contributed by atoms with Gasteiger partial charge < -0.3 is 0 Å². The highest BCUT2D eigenvalue weighted by molar-refractivity contribution is 7.10. The lowest BCUT2D eigenvalue weighted by atomic mass is 9.31. The lowest BCUT2D eigenvalue weighted by Gasteiger charge is -2.09. The summed E-state index contributed by atoms with van der Waals surface area (Å²) in [6.45, 7) is 8.43. The quantitative estimate of drug-likeness (QED) is 0.723. The number of aryl methyl sites for hydroxylation is 1. The van der Waals surface area contributed by atoms with Crippen molar-refractivity contribution in [3.8, 4) is 0 Å². The summed E-state index contributed by atoms with van der Waals surface area (Å²) in [5, 5.41) is 0. The molecule has 0 saturated carbocycles. The number of hydrogen-bond acceptors (Lipinski definition) is 0. The smallest absolute Gasteiger partial charge is 0.0906 e. The molecule has 0 aliphatic rings. The monoisotopic (exact) mass is 244 g/mol. The summed E-state index contributed by atoms with van der Waals surface area (Å²) in [7, 11) is 5.86. The van der Waals surface area contributed by atoms with Crippen molar-refractivity contribution in [2.45, 2.75) is 20.2 Å². The molecule has 0 amide bonds. The first kappa shape index (κ1) is 13.7. The Labute approximate surface area is 118 Å². The Morgan fingerprint density at radius 3 is 1.89 bits per heavy atom. The Morgan fingerprint density at radius 2 is 1.47 bits per heavy atom. The molecule has 0 saturated heterocycles. The molecule has 0 bridgehead atoms. The van der Waals surface area contributed by atoms with Crippen LogP contribution >= 0.6 is 0 Å². The van der Waals surface area contributed by atoms with Crippen molar-refractivity contribution in [2.24, 2.45) is 0 Å². The highest BCUT2D eigenvalue weighted by Crippen LogP contribution is 2.21. The van der Waals surface area contributed by atoms with E-state index in [1.165, 1.54) is 11.1 Å². The van der Waals surface area contributed by atoms with Gasteiger partial charge in [-0.25, -0.2) is 0 Å². The maximum Gasteiger partial charge on any atom is 0.123 e. The Bertz CT molecular complexity index is 551. The number of benzene rings is 2. The van der Waals surface area contributed by atoms with Crippen molar-refractivity contribution in [1.82, 2.24) is 0 Å². The van der Waals surface area contributed by atoms with Gasteiger partial charge in [0.05, 0.1) is 0 Å². The van der Waals surface area contributed by atoms with Crippen LogP contribution < -0.4 is 5.46 Å². The third-order valence-electron chi connectivity index (χ3n) is 3.50. The van der Waals surface area contributed by atoms with E-state index < -0.39 is 0 Å². The van der Waals surface area contributed by atoms with Gasteiger partial charge in [-0.1, -0.05) is 74.3 Å². The molecule has 92 valence electrons. The van der Waals surface area contributed by atoms with Gasteiger partial charge in [-0.3, -0.25) is 0 Å². The molecule has 0 heterocycles. The van der Waals surface area contributed by atoms with Gasteiger partial charge in [0.2, 0.25) is 0 Å². The predicted octanol–water partition coefficient (Wildman–Crippen LogP) is 3.31. The van der Waals surface area contributed by atoms with Crippen molar-refractivity contribution in [3.63, 3.8) is 0 Å². The van der Waals surface area contributed by atoms with Gasteiger partial charge in [0.25, 0.3) is 0 Å². The molecule has 2 heteroatoms. The van der Waals surface area contributed by atoms with Crippen LogP contribution in [0.4, 0.5) is 0 Å². The zero-order valence-corrected chi connectivity index (χ0v) is 11.7. The van der Waals surface area contributed by atoms with E-state index in [1.807, 2.05) is 6.82 Å². The van der Waals surface area contributed by atoms with Crippen LogP contribution in [0.5, 0.6) is 0 Å². The minimum Gasteiger partial charge on any atom is -0.0906 e. The highest BCUT2D eigenvalue weighted by atomic mass is 14.1. The van der Waals surface area contributed by atoms with Crippen molar-refractivity contribution < 1.29 is 0 Å². The molecule has 2 aromatic carbocycles. The van der Waals surface area contributed by atoms with E-state index in [-0.39, 0.29) is 6.60 Å². The average Bonchev–Trinajstić information content (AvgIpc) is 2.46. The zero-order chi connectivity index (χ0) is 13.8. The molecule has 0 N–H and O–H groups in total. The van der Waals surface area contributed by atoms with Gasteiger partial charge in [0.1, 0.15) is 6.60 Å². The number of hydrogen-bond donors (Lipinski definition) is 0. The molecule has 0 spiro atoms. The van der Waals surface area contributed by atoms with Crippen LogP contribution in [-0.2, 0) is 6.42 Å². The van der Waals surface area contributed by atoms with Gasteiger partial charge in [-0.2, -0.15) is 0 Å². The lowest BCUT2D eigenvalue weighted by molar-refractivity contribution is 1.14. The van der Waals surface area contributed by atoms with Gasteiger partial charge in [0.15, 0.2) is 0 Å². The molecule has 0 aliphatic carbocycles. The Morgan fingerprint density at radius 1 is 1.00 bits per heavy atom. The van der Waals surface area contributed by atoms with E-state index in [1.54, 1.807) is 0 Å². The fourth-order valence-corrected chi connectivity index (χ4v) is 2.10. The van der Waals surface area contributed by atoms with E-state index in [2.05, 4.69) is 62.0 Å². The van der Waals surface area contributed by atoms with Gasteiger partial charge in [-0.05, 0) is 28.7 Å². The second kappa shape index (κ2) is 5.97. The van der Waals surface area contributed by atoms with Gasteiger partial charge in [-0.15, -0.1) is 0 Å². The van der Waals surface area contributed by atoms with Crippen molar-refractivity contribution in [1.29, 1.82) is 0 Å². The SMILES string of the molecule is [B]B(C)c1ccc(C(=C)c2ccc(CC)cc2)cc1. The normalized spacial score (nSPS) is 10.2. The molecule has 2 radical (unpaired) electrons. The lowest BCUT2D eigenvalue weighted by Crippen LogP contribution is -2.26. The van der Waals surface area contributed by atoms with Crippen molar-refractivity contribution in [3.05, 3.63) is 71.8 Å². The van der Waals surface area contributed by atoms with Crippen LogP contribution in [0.2, 0.25) is 6.82 Å². The third-order valence-corrected chi connectivity index (χ3v) is 3.50. The standard InChI is InChI=1S/C17H18B2/c1-4-14-5-7-15(8-6-14)13(2)16-9-11-17(12-10-16)19(3)18/h5-12H,2,4H2,1,3H3. The Hall–Kier alpha value is -1.69. The fraction of sp³-hybridized carbons (Fsp3) is 0.176. The molecule has 0 aliphatic heterocycles. The summed E-state index contributed by atoms with van der Waals surface area (Å²) in [6.07, 6.45) is 1.07. The molecular formula is C17H18B2. The molecule has 2 rings (SSSR count). The summed E-state index contributed by atoms with van der Waals surface area (Å²) in [5.41, 5.74) is 5.88. The van der Waals surface area contributed by atoms with Gasteiger partial charge in [0, 0.05) is 7.74 Å². The van der Waals surface area contributed by atoms with Crippen LogP contribution in [0.1, 0.15) is 23.6 Å². The first-order chi connectivity index (χ1) is 9.11. The zero-order valence-electron chi connectivity index (χ0n) is 11.7. The highest BCUT2D eigenvalue weighted by Gasteiger charge is 2.05. The summed E-state index contributed by atoms with van der Waals surface area (Å²) in [5.74, 6) is 0. The summed E-state index contributed by atoms with van der Waals surface area (Å²) >= 11 is 0. The molecule has 2 aromatic rings. The molecular weight excluding hydrogens is 226 g/mol. The summed E-state index contributed by atoms with van der Waals surface area (Å²) in [4.78, 5) is 0. The van der Waals surface area contributed by atoms with Crippen LogP contribution in [-0.4, -0.2) is 14.3 Å². The molecule has 0 atom stereocenters. The van der Waals surface area contributed by atoms with E-state index in [9.17, 15) is 0 Å². The number of rotatable bonds is 4. The minimum absolute atomic E-state index is 0.0751. The van der Waals surface area contributed by atoms with Crippen LogP contribution in [0.15, 0.2) is 55.1 Å². The Kier molecular flexibility index (Phi) is 4.31. The van der Waals surface area contributed by atoms with Gasteiger partial charge >= 0.3 is 0 Å². The largest absolute Gasteiger partial charge is 0.123 e. The van der Waals surface area contributed by atoms with E-state index >= 15 is 0 Å². The molecule has 19 heavy (non-hydrogen) atoms.